The summed E-state index contributed by atoms with van der Waals surface area (Å²) in [5.41, 5.74) is 0.899. The normalized spacial score (nSPS) is 12.1. The molecule has 0 radical (unpaired) electrons. The van der Waals surface area contributed by atoms with Crippen LogP contribution in [0.4, 0.5) is 13.2 Å². The summed E-state index contributed by atoms with van der Waals surface area (Å²) >= 11 is 0. The number of rotatable bonds is 4. The van der Waals surface area contributed by atoms with Crippen molar-refractivity contribution in [1.29, 1.82) is 0 Å². The first-order valence-electron chi connectivity index (χ1n) is 4.78. The van der Waals surface area contributed by atoms with Gasteiger partial charge in [-0.3, -0.25) is 14.4 Å². The van der Waals surface area contributed by atoms with Crippen molar-refractivity contribution in [3.05, 3.63) is 0 Å². The number of halogens is 3. The second-order valence-electron chi connectivity index (χ2n) is 4.36. The third-order valence-electron chi connectivity index (χ3n) is 1.51. The molecule has 0 aromatic rings. The Morgan fingerprint density at radius 1 is 1.18 bits per heavy atom. The number of carbonyl (C=O) groups excluding carboxylic acids is 2. The molecule has 0 atom stereocenters. The van der Waals surface area contributed by atoms with E-state index in [-0.39, 0.29) is 5.91 Å². The van der Waals surface area contributed by atoms with Crippen LogP contribution in [0.25, 0.3) is 0 Å². The van der Waals surface area contributed by atoms with Crippen molar-refractivity contribution in [3.8, 4) is 0 Å². The Morgan fingerprint density at radius 3 is 2.12 bits per heavy atom. The highest BCUT2D eigenvalue weighted by atomic mass is 19.4. The zero-order valence-electron chi connectivity index (χ0n) is 9.77. The molecule has 0 bridgehead atoms. The third-order valence-corrected chi connectivity index (χ3v) is 1.51. The standard InChI is InChI=1S/C9H15F3N2O3/c1-8(2,3)7(16)13-4-6(15)14-17-5-9(10,11)12/h4-5H2,1-3H3,(H,13,16)(H,14,15). The van der Waals surface area contributed by atoms with E-state index in [9.17, 15) is 22.8 Å². The molecule has 0 aliphatic heterocycles. The smallest absolute Gasteiger partial charge is 0.346 e. The largest absolute Gasteiger partial charge is 0.414 e. The van der Waals surface area contributed by atoms with Crippen LogP contribution in [0.3, 0.4) is 0 Å². The summed E-state index contributed by atoms with van der Waals surface area (Å²) < 4.78 is 34.9. The van der Waals surface area contributed by atoms with Crippen LogP contribution >= 0.6 is 0 Å². The molecule has 2 N–H and O–H groups in total. The lowest BCUT2D eigenvalue weighted by Crippen LogP contribution is -2.42. The van der Waals surface area contributed by atoms with Crippen molar-refractivity contribution in [1.82, 2.24) is 10.8 Å². The molecule has 0 spiro atoms. The molecular formula is C9H15F3N2O3. The molecule has 0 aliphatic rings. The minimum absolute atomic E-state index is 0.386. The first kappa shape index (κ1) is 15.7. The van der Waals surface area contributed by atoms with E-state index in [4.69, 9.17) is 0 Å². The number of carbonyl (C=O) groups is 2. The maximum absolute atomic E-state index is 11.6. The van der Waals surface area contributed by atoms with Crippen LogP contribution < -0.4 is 10.8 Å². The fourth-order valence-corrected chi connectivity index (χ4v) is 0.660. The minimum atomic E-state index is -4.51. The van der Waals surface area contributed by atoms with Crippen LogP contribution in [0.1, 0.15) is 20.8 Å². The highest BCUT2D eigenvalue weighted by molar-refractivity contribution is 5.86. The molecule has 0 aromatic heterocycles. The Hall–Kier alpha value is -1.31. The van der Waals surface area contributed by atoms with Crippen LogP contribution in [-0.4, -0.2) is 31.1 Å². The highest BCUT2D eigenvalue weighted by Crippen LogP contribution is 2.13. The summed E-state index contributed by atoms with van der Waals surface area (Å²) in [5, 5.41) is 2.26. The molecule has 17 heavy (non-hydrogen) atoms. The van der Waals surface area contributed by atoms with Crippen LogP contribution in [0.15, 0.2) is 0 Å². The average Bonchev–Trinajstić information content (AvgIpc) is 2.10. The van der Waals surface area contributed by atoms with Gasteiger partial charge in [0.15, 0.2) is 6.61 Å². The van der Waals surface area contributed by atoms with Gasteiger partial charge in [0.05, 0.1) is 6.54 Å². The van der Waals surface area contributed by atoms with Crippen LogP contribution in [0.2, 0.25) is 0 Å². The van der Waals surface area contributed by atoms with Gasteiger partial charge in [0.25, 0.3) is 5.91 Å². The van der Waals surface area contributed by atoms with E-state index < -0.39 is 30.7 Å². The van der Waals surface area contributed by atoms with Gasteiger partial charge in [-0.15, -0.1) is 0 Å². The number of nitrogens with one attached hydrogen (secondary N) is 2. The molecule has 2 amide bonds. The molecule has 0 saturated carbocycles. The zero-order chi connectivity index (χ0) is 13.7. The van der Waals surface area contributed by atoms with Gasteiger partial charge < -0.3 is 5.32 Å². The molecule has 0 rings (SSSR count). The lowest BCUT2D eigenvalue weighted by molar-refractivity contribution is -0.191. The number of hydroxylamine groups is 1. The van der Waals surface area contributed by atoms with E-state index >= 15 is 0 Å². The average molecular weight is 256 g/mol. The molecule has 0 fully saturated rings. The molecule has 0 saturated heterocycles. The van der Waals surface area contributed by atoms with Crippen LogP contribution in [-0.2, 0) is 14.4 Å². The topological polar surface area (TPSA) is 67.4 Å². The molecule has 0 heterocycles. The molecule has 0 aromatic carbocycles. The van der Waals surface area contributed by atoms with Gasteiger partial charge in [-0.05, 0) is 0 Å². The molecule has 0 unspecified atom stereocenters. The highest BCUT2D eigenvalue weighted by Gasteiger charge is 2.28. The predicted octanol–water partition coefficient (Wildman–Crippen LogP) is 0.759. The van der Waals surface area contributed by atoms with Gasteiger partial charge in [0, 0.05) is 5.41 Å². The third kappa shape index (κ3) is 8.49. The van der Waals surface area contributed by atoms with Gasteiger partial charge in [-0.1, -0.05) is 20.8 Å². The summed E-state index contributed by atoms with van der Waals surface area (Å²) in [7, 11) is 0. The van der Waals surface area contributed by atoms with Crippen molar-refractivity contribution < 1.29 is 27.6 Å². The quantitative estimate of drug-likeness (QED) is 0.730. The van der Waals surface area contributed by atoms with E-state index in [0.717, 1.165) is 0 Å². The monoisotopic (exact) mass is 256 g/mol. The fourth-order valence-electron chi connectivity index (χ4n) is 0.660. The van der Waals surface area contributed by atoms with Crippen LogP contribution in [0.5, 0.6) is 0 Å². The van der Waals surface area contributed by atoms with Gasteiger partial charge in [0.1, 0.15) is 0 Å². The maximum atomic E-state index is 11.6. The second kappa shape index (κ2) is 5.85. The zero-order valence-corrected chi connectivity index (χ0v) is 9.77. The number of amides is 2. The van der Waals surface area contributed by atoms with Crippen molar-refractivity contribution in [2.24, 2.45) is 5.41 Å². The molecule has 8 heteroatoms. The summed E-state index contributed by atoms with van der Waals surface area (Å²) in [6.07, 6.45) is -4.51. The van der Waals surface area contributed by atoms with E-state index in [1.807, 2.05) is 0 Å². The Balaban J connectivity index is 3.79. The van der Waals surface area contributed by atoms with Crippen LogP contribution in [0, 0.1) is 5.41 Å². The second-order valence-corrected chi connectivity index (χ2v) is 4.36. The SMILES string of the molecule is CC(C)(C)C(=O)NCC(=O)NOCC(F)(F)F. The first-order chi connectivity index (χ1) is 7.52. The Kier molecular flexibility index (Phi) is 5.40. The summed E-state index contributed by atoms with van der Waals surface area (Å²) in [4.78, 5) is 26.1. The Morgan fingerprint density at radius 2 is 1.71 bits per heavy atom. The van der Waals surface area contributed by atoms with E-state index in [0.29, 0.717) is 0 Å². The molecular weight excluding hydrogens is 241 g/mol. The van der Waals surface area contributed by atoms with Crippen molar-refractivity contribution in [2.75, 3.05) is 13.2 Å². The number of hydrogen-bond acceptors (Lipinski definition) is 3. The van der Waals surface area contributed by atoms with E-state index in [1.54, 1.807) is 26.3 Å². The number of hydrogen-bond donors (Lipinski definition) is 2. The molecule has 100 valence electrons. The van der Waals surface area contributed by atoms with Crippen molar-refractivity contribution >= 4 is 11.8 Å². The van der Waals surface area contributed by atoms with Crippen molar-refractivity contribution in [2.45, 2.75) is 26.9 Å². The van der Waals surface area contributed by atoms with E-state index in [2.05, 4.69) is 10.2 Å². The summed E-state index contributed by atoms with van der Waals surface area (Å²) in [6, 6.07) is 0. The minimum Gasteiger partial charge on any atom is -0.346 e. The lowest BCUT2D eigenvalue weighted by atomic mass is 9.96. The Bertz CT molecular complexity index is 284. The van der Waals surface area contributed by atoms with Gasteiger partial charge in [0.2, 0.25) is 5.91 Å². The summed E-state index contributed by atoms with van der Waals surface area (Å²) in [5.74, 6) is -1.24. The lowest BCUT2D eigenvalue weighted by Gasteiger charge is -2.17. The van der Waals surface area contributed by atoms with Gasteiger partial charge in [-0.2, -0.15) is 13.2 Å². The van der Waals surface area contributed by atoms with E-state index in [1.165, 1.54) is 0 Å². The van der Waals surface area contributed by atoms with Gasteiger partial charge >= 0.3 is 6.18 Å². The molecule has 0 aliphatic carbocycles. The molecule has 5 nitrogen and oxygen atoms in total. The predicted molar refractivity (Wildman–Crippen MR) is 52.6 cm³/mol. The van der Waals surface area contributed by atoms with Crippen molar-refractivity contribution in [3.63, 3.8) is 0 Å². The van der Waals surface area contributed by atoms with Gasteiger partial charge in [-0.25, -0.2) is 5.48 Å². The number of alkyl halides is 3. The maximum Gasteiger partial charge on any atom is 0.414 e. The first-order valence-corrected chi connectivity index (χ1v) is 4.78. The fraction of sp³-hybridized carbons (Fsp3) is 0.778. The Labute approximate surface area is 96.6 Å². The summed E-state index contributed by atoms with van der Waals surface area (Å²) in [6.45, 7) is 2.90.